The summed E-state index contributed by atoms with van der Waals surface area (Å²) in [5.74, 6) is -0.481. The third-order valence-corrected chi connectivity index (χ3v) is 1.35. The number of aryl methyl sites for hydroxylation is 1. The molecular weight excluding hydrogens is 172 g/mol. The van der Waals surface area contributed by atoms with Crippen LogP contribution in [0.5, 0.6) is 0 Å². The summed E-state index contributed by atoms with van der Waals surface area (Å²) in [6, 6.07) is 0. The van der Waals surface area contributed by atoms with E-state index in [0.29, 0.717) is 12.3 Å². The number of aromatic nitrogens is 3. The Morgan fingerprint density at radius 2 is 2.23 bits per heavy atom. The minimum absolute atomic E-state index is 0.0468. The number of esters is 1. The highest BCUT2D eigenvalue weighted by Gasteiger charge is 2.13. The molecule has 0 aliphatic carbocycles. The van der Waals surface area contributed by atoms with E-state index in [2.05, 4.69) is 15.2 Å². The van der Waals surface area contributed by atoms with Crippen LogP contribution in [0.4, 0.5) is 5.95 Å². The topological polar surface area (TPSA) is 91.0 Å². The van der Waals surface area contributed by atoms with Gasteiger partial charge in [-0.2, -0.15) is 0 Å². The Morgan fingerprint density at radius 1 is 1.54 bits per heavy atom. The lowest BCUT2D eigenvalue weighted by Gasteiger charge is -2.02. The molecule has 70 valence electrons. The van der Waals surface area contributed by atoms with Gasteiger partial charge in [-0.15, -0.1) is 10.2 Å². The summed E-state index contributed by atoms with van der Waals surface area (Å²) in [4.78, 5) is 15.0. The summed E-state index contributed by atoms with van der Waals surface area (Å²) in [7, 11) is 0. The van der Waals surface area contributed by atoms with Crippen LogP contribution in [0.1, 0.15) is 23.1 Å². The highest BCUT2D eigenvalue weighted by molar-refractivity contribution is 5.88. The van der Waals surface area contributed by atoms with Crippen LogP contribution in [0.15, 0.2) is 0 Å². The van der Waals surface area contributed by atoms with Gasteiger partial charge in [-0.05, 0) is 13.8 Å². The fourth-order valence-corrected chi connectivity index (χ4v) is 0.809. The van der Waals surface area contributed by atoms with E-state index in [4.69, 9.17) is 10.5 Å². The number of rotatable bonds is 2. The number of ether oxygens (including phenoxy) is 1. The average Bonchev–Trinajstić information content (AvgIpc) is 2.04. The van der Waals surface area contributed by atoms with Crippen molar-refractivity contribution in [3.05, 3.63) is 11.4 Å². The van der Waals surface area contributed by atoms with Gasteiger partial charge in [0.1, 0.15) is 0 Å². The second-order valence-corrected chi connectivity index (χ2v) is 2.32. The first-order chi connectivity index (χ1) is 6.15. The molecule has 1 heterocycles. The molecule has 0 unspecified atom stereocenters. The van der Waals surface area contributed by atoms with Crippen LogP contribution >= 0.6 is 0 Å². The van der Waals surface area contributed by atoms with Gasteiger partial charge in [-0.3, -0.25) is 0 Å². The van der Waals surface area contributed by atoms with Gasteiger partial charge in [-0.25, -0.2) is 9.78 Å². The molecule has 6 nitrogen and oxygen atoms in total. The first kappa shape index (κ1) is 9.37. The molecule has 0 radical (unpaired) electrons. The molecule has 1 aromatic rings. The van der Waals surface area contributed by atoms with Gasteiger partial charge < -0.3 is 10.5 Å². The molecule has 0 bridgehead atoms. The standard InChI is InChI=1S/C7H10N4O2/c1-3-13-6(12)5-4(2)9-7(8)11-10-5/h3H2,1-2H3,(H2,8,9,11). The Balaban J connectivity index is 2.95. The summed E-state index contributed by atoms with van der Waals surface area (Å²) in [5, 5.41) is 7.04. The molecule has 0 spiro atoms. The van der Waals surface area contributed by atoms with E-state index in [1.54, 1.807) is 13.8 Å². The Kier molecular flexibility index (Phi) is 2.73. The number of nitrogen functional groups attached to an aromatic ring is 1. The maximum Gasteiger partial charge on any atom is 0.360 e. The van der Waals surface area contributed by atoms with E-state index < -0.39 is 5.97 Å². The zero-order chi connectivity index (χ0) is 9.84. The third-order valence-electron chi connectivity index (χ3n) is 1.35. The number of nitrogens with zero attached hydrogens (tertiary/aromatic N) is 3. The van der Waals surface area contributed by atoms with Crippen LogP contribution in [0, 0.1) is 6.92 Å². The fourth-order valence-electron chi connectivity index (χ4n) is 0.809. The van der Waals surface area contributed by atoms with Crippen molar-refractivity contribution in [3.63, 3.8) is 0 Å². The van der Waals surface area contributed by atoms with Crippen molar-refractivity contribution in [3.8, 4) is 0 Å². The first-order valence-electron chi connectivity index (χ1n) is 3.79. The van der Waals surface area contributed by atoms with Gasteiger partial charge >= 0.3 is 5.97 Å². The summed E-state index contributed by atoms with van der Waals surface area (Å²) in [6.45, 7) is 3.63. The van der Waals surface area contributed by atoms with Crippen LogP contribution < -0.4 is 5.73 Å². The molecule has 0 saturated carbocycles. The minimum Gasteiger partial charge on any atom is -0.461 e. The molecule has 1 rings (SSSR count). The predicted octanol–water partition coefficient (Wildman–Crippen LogP) is -0.0611. The monoisotopic (exact) mass is 182 g/mol. The number of carbonyl (C=O) groups excluding carboxylic acids is 1. The van der Waals surface area contributed by atoms with E-state index >= 15 is 0 Å². The van der Waals surface area contributed by atoms with E-state index in [1.807, 2.05) is 0 Å². The Bertz CT molecular complexity index is 326. The van der Waals surface area contributed by atoms with Gasteiger partial charge in [0.05, 0.1) is 12.3 Å². The molecule has 13 heavy (non-hydrogen) atoms. The Morgan fingerprint density at radius 3 is 2.77 bits per heavy atom. The lowest BCUT2D eigenvalue weighted by atomic mass is 10.3. The second kappa shape index (κ2) is 3.79. The highest BCUT2D eigenvalue weighted by Crippen LogP contribution is 2.02. The third kappa shape index (κ3) is 2.11. The Labute approximate surface area is 75.1 Å². The quantitative estimate of drug-likeness (QED) is 0.644. The molecule has 0 saturated heterocycles. The lowest BCUT2D eigenvalue weighted by molar-refractivity contribution is 0.0516. The number of nitrogens with two attached hydrogens (primary N) is 1. The normalized spacial score (nSPS) is 9.69. The Hall–Kier alpha value is -1.72. The van der Waals surface area contributed by atoms with Crippen molar-refractivity contribution < 1.29 is 9.53 Å². The van der Waals surface area contributed by atoms with Gasteiger partial charge in [-0.1, -0.05) is 0 Å². The van der Waals surface area contributed by atoms with Crippen LogP contribution in [0.25, 0.3) is 0 Å². The number of hydrogen-bond donors (Lipinski definition) is 1. The zero-order valence-electron chi connectivity index (χ0n) is 7.44. The van der Waals surface area contributed by atoms with E-state index in [9.17, 15) is 4.79 Å². The molecule has 0 aliphatic heterocycles. The van der Waals surface area contributed by atoms with Crippen LogP contribution in [0.3, 0.4) is 0 Å². The van der Waals surface area contributed by atoms with Gasteiger partial charge in [0.15, 0.2) is 5.69 Å². The van der Waals surface area contributed by atoms with Crippen molar-refractivity contribution in [2.75, 3.05) is 12.3 Å². The molecule has 0 aromatic carbocycles. The summed E-state index contributed by atoms with van der Waals surface area (Å²) in [6.07, 6.45) is 0. The van der Waals surface area contributed by atoms with Gasteiger partial charge in [0.25, 0.3) is 0 Å². The summed E-state index contributed by atoms with van der Waals surface area (Å²) in [5.41, 5.74) is 5.79. The predicted molar refractivity (Wildman–Crippen MR) is 44.9 cm³/mol. The van der Waals surface area contributed by atoms with Crippen molar-refractivity contribution in [2.24, 2.45) is 0 Å². The smallest absolute Gasteiger partial charge is 0.360 e. The molecule has 1 aromatic heterocycles. The maximum atomic E-state index is 11.2. The second-order valence-electron chi connectivity index (χ2n) is 2.32. The number of anilines is 1. The van der Waals surface area contributed by atoms with Crippen molar-refractivity contribution in [1.29, 1.82) is 0 Å². The molecule has 0 fully saturated rings. The highest BCUT2D eigenvalue weighted by atomic mass is 16.5. The molecule has 2 N–H and O–H groups in total. The zero-order valence-corrected chi connectivity index (χ0v) is 7.44. The SMILES string of the molecule is CCOC(=O)c1nnc(N)nc1C. The number of carbonyl (C=O) groups is 1. The van der Waals surface area contributed by atoms with E-state index in [-0.39, 0.29) is 11.6 Å². The average molecular weight is 182 g/mol. The van der Waals surface area contributed by atoms with Crippen LogP contribution in [-0.4, -0.2) is 27.8 Å². The van der Waals surface area contributed by atoms with Crippen molar-refractivity contribution in [1.82, 2.24) is 15.2 Å². The fraction of sp³-hybridized carbons (Fsp3) is 0.429. The molecule has 0 atom stereocenters. The summed E-state index contributed by atoms with van der Waals surface area (Å²) >= 11 is 0. The molecule has 0 aliphatic rings. The van der Waals surface area contributed by atoms with Gasteiger partial charge in [0.2, 0.25) is 5.95 Å². The van der Waals surface area contributed by atoms with Gasteiger partial charge in [0, 0.05) is 0 Å². The maximum absolute atomic E-state index is 11.2. The van der Waals surface area contributed by atoms with E-state index in [1.165, 1.54) is 0 Å². The molecule has 0 amide bonds. The summed E-state index contributed by atoms with van der Waals surface area (Å²) < 4.78 is 4.73. The van der Waals surface area contributed by atoms with Crippen molar-refractivity contribution in [2.45, 2.75) is 13.8 Å². The number of hydrogen-bond acceptors (Lipinski definition) is 6. The van der Waals surface area contributed by atoms with Crippen LogP contribution in [0.2, 0.25) is 0 Å². The molecular formula is C7H10N4O2. The molecule has 6 heteroatoms. The first-order valence-corrected chi connectivity index (χ1v) is 3.79. The lowest BCUT2D eigenvalue weighted by Crippen LogP contribution is -2.13. The largest absolute Gasteiger partial charge is 0.461 e. The van der Waals surface area contributed by atoms with Crippen molar-refractivity contribution >= 4 is 11.9 Å². The van der Waals surface area contributed by atoms with Crippen LogP contribution in [-0.2, 0) is 4.74 Å². The minimum atomic E-state index is -0.528. The van der Waals surface area contributed by atoms with E-state index in [0.717, 1.165) is 0 Å².